The van der Waals surface area contributed by atoms with E-state index in [0.29, 0.717) is 56.7 Å². The molecule has 0 bridgehead atoms. The fourth-order valence-electron chi connectivity index (χ4n) is 4.89. The highest BCUT2D eigenvalue weighted by atomic mass is 16.7. The van der Waals surface area contributed by atoms with Crippen LogP contribution in [0.3, 0.4) is 0 Å². The second-order valence-corrected chi connectivity index (χ2v) is 8.66. The van der Waals surface area contributed by atoms with Crippen molar-refractivity contribution in [2.45, 2.75) is 12.0 Å². The third-order valence-corrected chi connectivity index (χ3v) is 6.60. The molecule has 1 aromatic heterocycles. The van der Waals surface area contributed by atoms with E-state index in [9.17, 15) is 9.59 Å². The number of carbonyl (C=O) groups excluding carboxylic acids is 1. The van der Waals surface area contributed by atoms with Gasteiger partial charge in [-0.2, -0.15) is 0 Å². The lowest BCUT2D eigenvalue weighted by Gasteiger charge is -2.21. The fraction of sp³-hybridized carbons (Fsp3) is 0.214. The smallest absolute Gasteiger partial charge is 0.344 e. The molecule has 1 N–H and O–H groups in total. The van der Waals surface area contributed by atoms with Crippen LogP contribution in [0.4, 0.5) is 5.69 Å². The molecule has 6 rings (SSSR count). The molecule has 0 fully saturated rings. The molecule has 10 heteroatoms. The highest BCUT2D eigenvalue weighted by Gasteiger charge is 2.45. The highest BCUT2D eigenvalue weighted by Crippen LogP contribution is 2.48. The molecule has 2 aliphatic heterocycles. The Labute approximate surface area is 216 Å². The maximum atomic E-state index is 13.7. The first-order valence-corrected chi connectivity index (χ1v) is 11.7. The van der Waals surface area contributed by atoms with Gasteiger partial charge in [-0.1, -0.05) is 12.1 Å². The molecule has 2 unspecified atom stereocenters. The molecule has 38 heavy (non-hydrogen) atoms. The maximum Gasteiger partial charge on any atom is 0.344 e. The highest BCUT2D eigenvalue weighted by molar-refractivity contribution is 5.98. The van der Waals surface area contributed by atoms with Gasteiger partial charge in [-0.25, -0.2) is 4.79 Å². The van der Waals surface area contributed by atoms with Gasteiger partial charge in [-0.05, 0) is 42.0 Å². The summed E-state index contributed by atoms with van der Waals surface area (Å²) in [4.78, 5) is 27.0. The predicted molar refractivity (Wildman–Crippen MR) is 136 cm³/mol. The first-order valence-electron chi connectivity index (χ1n) is 11.7. The van der Waals surface area contributed by atoms with Crippen LogP contribution in [0.2, 0.25) is 0 Å². The summed E-state index contributed by atoms with van der Waals surface area (Å²) in [5.74, 6) is 1.21. The van der Waals surface area contributed by atoms with Gasteiger partial charge in [0.25, 0.3) is 5.91 Å². The lowest BCUT2D eigenvalue weighted by atomic mass is 9.87. The minimum absolute atomic E-state index is 0.111. The van der Waals surface area contributed by atoms with Crippen molar-refractivity contribution in [3.8, 4) is 34.5 Å². The predicted octanol–water partition coefficient (Wildman–Crippen LogP) is 4.08. The Balaban J connectivity index is 1.49. The monoisotopic (exact) mass is 517 g/mol. The van der Waals surface area contributed by atoms with E-state index < -0.39 is 23.6 Å². The molecule has 0 saturated heterocycles. The largest absolute Gasteiger partial charge is 0.493 e. The van der Waals surface area contributed by atoms with Crippen LogP contribution >= 0.6 is 0 Å². The van der Waals surface area contributed by atoms with E-state index in [4.69, 9.17) is 32.8 Å². The van der Waals surface area contributed by atoms with Crippen LogP contribution in [0.1, 0.15) is 17.0 Å². The molecule has 4 aromatic rings. The van der Waals surface area contributed by atoms with Crippen LogP contribution in [0.25, 0.3) is 11.0 Å². The number of methoxy groups -OCH3 is 3. The Kier molecular flexibility index (Phi) is 5.71. The number of anilines is 1. The van der Waals surface area contributed by atoms with Crippen molar-refractivity contribution in [1.29, 1.82) is 0 Å². The minimum atomic E-state index is -1.12. The van der Waals surface area contributed by atoms with Crippen molar-refractivity contribution < 1.29 is 37.6 Å². The second kappa shape index (κ2) is 9.22. The lowest BCUT2D eigenvalue weighted by molar-refractivity contribution is -0.122. The van der Waals surface area contributed by atoms with Crippen LogP contribution in [0, 0.1) is 0 Å². The van der Waals surface area contributed by atoms with Gasteiger partial charge >= 0.3 is 5.63 Å². The van der Waals surface area contributed by atoms with Crippen molar-refractivity contribution in [2.75, 3.05) is 33.4 Å². The molecule has 2 atom stereocenters. The van der Waals surface area contributed by atoms with Crippen LogP contribution in [-0.2, 0) is 4.79 Å². The number of fused-ring (bicyclic) bond motifs is 4. The number of amides is 1. The second-order valence-electron chi connectivity index (χ2n) is 8.66. The van der Waals surface area contributed by atoms with E-state index >= 15 is 0 Å². The Morgan fingerprint density at radius 2 is 1.66 bits per heavy atom. The standard InChI is InChI=1S/C28H23NO9/c1-32-20-10-14(11-21(33-2)25(20)34-3)22-23-24(16-6-4-5-7-17(16)37-28(23)31)38-26(22)27(30)29-15-8-9-18-19(12-15)36-13-35-18/h4-12,22,26H,13H2,1-3H3,(H,29,30). The van der Waals surface area contributed by atoms with Gasteiger partial charge in [0.15, 0.2) is 29.1 Å². The third kappa shape index (κ3) is 3.73. The molecular formula is C28H23NO9. The van der Waals surface area contributed by atoms with E-state index in [1.54, 1.807) is 54.6 Å². The van der Waals surface area contributed by atoms with E-state index in [-0.39, 0.29) is 12.4 Å². The van der Waals surface area contributed by atoms with Crippen LogP contribution in [0.5, 0.6) is 34.5 Å². The van der Waals surface area contributed by atoms with E-state index in [2.05, 4.69) is 5.32 Å². The Hall–Kier alpha value is -4.86. The molecule has 0 aliphatic carbocycles. The number of nitrogens with one attached hydrogen (secondary N) is 1. The summed E-state index contributed by atoms with van der Waals surface area (Å²) in [6, 6.07) is 15.5. The SMILES string of the molecule is COc1cc(C2c3c(c4ccccc4oc3=O)OC2C(=O)Nc2ccc3c(c2)OCO3)cc(OC)c1OC. The normalized spacial score (nSPS) is 17.0. The zero-order valence-electron chi connectivity index (χ0n) is 20.7. The van der Waals surface area contributed by atoms with Crippen LogP contribution < -0.4 is 39.4 Å². The van der Waals surface area contributed by atoms with Crippen LogP contribution in [0.15, 0.2) is 63.8 Å². The van der Waals surface area contributed by atoms with Gasteiger partial charge in [0.2, 0.25) is 12.5 Å². The molecule has 0 saturated carbocycles. The van der Waals surface area contributed by atoms with E-state index in [1.165, 1.54) is 21.3 Å². The fourth-order valence-corrected chi connectivity index (χ4v) is 4.89. The number of ether oxygens (including phenoxy) is 6. The number of para-hydroxylation sites is 1. The van der Waals surface area contributed by atoms with Crippen LogP contribution in [-0.4, -0.2) is 40.1 Å². The van der Waals surface area contributed by atoms with Crippen molar-refractivity contribution in [1.82, 2.24) is 0 Å². The first-order chi connectivity index (χ1) is 18.5. The maximum absolute atomic E-state index is 13.7. The zero-order valence-corrected chi connectivity index (χ0v) is 20.7. The summed E-state index contributed by atoms with van der Waals surface area (Å²) >= 11 is 0. The molecule has 3 aromatic carbocycles. The Bertz CT molecular complexity index is 1600. The molecule has 194 valence electrons. The quantitative estimate of drug-likeness (QED) is 0.378. The summed E-state index contributed by atoms with van der Waals surface area (Å²) in [5.41, 5.74) is 1.02. The van der Waals surface area contributed by atoms with Crippen molar-refractivity contribution >= 4 is 22.6 Å². The summed E-state index contributed by atoms with van der Waals surface area (Å²) < 4.78 is 39.2. The van der Waals surface area contributed by atoms with Crippen molar-refractivity contribution in [3.05, 3.63) is 76.1 Å². The molecule has 2 aliphatic rings. The van der Waals surface area contributed by atoms with Gasteiger partial charge in [0.1, 0.15) is 11.3 Å². The molecular weight excluding hydrogens is 494 g/mol. The number of rotatable bonds is 6. The number of hydrogen-bond donors (Lipinski definition) is 1. The molecule has 3 heterocycles. The molecule has 0 radical (unpaired) electrons. The Morgan fingerprint density at radius 3 is 2.39 bits per heavy atom. The Morgan fingerprint density at radius 1 is 0.921 bits per heavy atom. The number of benzene rings is 3. The summed E-state index contributed by atoms with van der Waals surface area (Å²) in [6.45, 7) is 0.111. The van der Waals surface area contributed by atoms with Crippen molar-refractivity contribution in [2.24, 2.45) is 0 Å². The molecule has 0 spiro atoms. The number of carbonyl (C=O) groups is 1. The van der Waals surface area contributed by atoms with Gasteiger partial charge in [0, 0.05) is 11.8 Å². The van der Waals surface area contributed by atoms with Gasteiger partial charge in [-0.3, -0.25) is 4.79 Å². The van der Waals surface area contributed by atoms with E-state index in [0.717, 1.165) is 0 Å². The minimum Gasteiger partial charge on any atom is -0.493 e. The third-order valence-electron chi connectivity index (χ3n) is 6.60. The lowest BCUT2D eigenvalue weighted by Crippen LogP contribution is -2.35. The molecule has 1 amide bonds. The average molecular weight is 517 g/mol. The van der Waals surface area contributed by atoms with Gasteiger partial charge in [0.05, 0.1) is 38.2 Å². The molecule has 10 nitrogen and oxygen atoms in total. The zero-order chi connectivity index (χ0) is 26.4. The van der Waals surface area contributed by atoms with Gasteiger partial charge < -0.3 is 38.2 Å². The average Bonchev–Trinajstić information content (AvgIpc) is 3.57. The summed E-state index contributed by atoms with van der Waals surface area (Å²) in [5, 5.41) is 3.46. The topological polar surface area (TPSA) is 115 Å². The summed E-state index contributed by atoms with van der Waals surface area (Å²) in [7, 11) is 4.48. The van der Waals surface area contributed by atoms with Gasteiger partial charge in [-0.15, -0.1) is 0 Å². The summed E-state index contributed by atoms with van der Waals surface area (Å²) in [6.07, 6.45) is -1.12. The first kappa shape index (κ1) is 23.5. The number of hydrogen-bond acceptors (Lipinski definition) is 9. The van der Waals surface area contributed by atoms with Crippen molar-refractivity contribution in [3.63, 3.8) is 0 Å². The van der Waals surface area contributed by atoms with E-state index in [1.807, 2.05) is 0 Å².